The quantitative estimate of drug-likeness (QED) is 0.773. The molecule has 1 aliphatic heterocycles. The number of rotatable bonds is 5. The minimum absolute atomic E-state index is 0.0378. The number of hydrogen-bond donors (Lipinski definition) is 2. The van der Waals surface area contributed by atoms with Gasteiger partial charge in [0.1, 0.15) is 5.82 Å². The largest absolute Gasteiger partial charge is 0.351 e. The average Bonchev–Trinajstić information content (AvgIpc) is 2.75. The molecule has 1 saturated heterocycles. The zero-order chi connectivity index (χ0) is 21.7. The van der Waals surface area contributed by atoms with Crippen molar-refractivity contribution in [2.75, 3.05) is 13.1 Å². The highest BCUT2D eigenvalue weighted by Crippen LogP contribution is 2.22. The lowest BCUT2D eigenvalue weighted by Crippen LogP contribution is -2.55. The topological polar surface area (TPSA) is 78.5 Å². The van der Waals surface area contributed by atoms with Gasteiger partial charge in [-0.05, 0) is 49.9 Å². The Morgan fingerprint density at radius 2 is 1.60 bits per heavy atom. The van der Waals surface area contributed by atoms with Crippen LogP contribution in [0.15, 0.2) is 24.3 Å². The second-order valence-electron chi connectivity index (χ2n) is 8.76. The van der Waals surface area contributed by atoms with E-state index < -0.39 is 0 Å². The van der Waals surface area contributed by atoms with Gasteiger partial charge in [0.25, 0.3) is 5.91 Å². The first-order valence-corrected chi connectivity index (χ1v) is 11.0. The summed E-state index contributed by atoms with van der Waals surface area (Å²) in [5.74, 6) is -0.869. The third-order valence-corrected chi connectivity index (χ3v) is 6.11. The molecule has 3 amide bonds. The zero-order valence-corrected chi connectivity index (χ0v) is 17.8. The Morgan fingerprint density at radius 3 is 2.23 bits per heavy atom. The van der Waals surface area contributed by atoms with Crippen LogP contribution in [0.3, 0.4) is 0 Å². The van der Waals surface area contributed by atoms with Crippen LogP contribution in [0.1, 0.15) is 62.7 Å². The van der Waals surface area contributed by atoms with Gasteiger partial charge in [-0.1, -0.05) is 26.7 Å². The van der Waals surface area contributed by atoms with E-state index in [2.05, 4.69) is 10.6 Å². The minimum atomic E-state index is -0.383. The fourth-order valence-corrected chi connectivity index (χ4v) is 4.39. The van der Waals surface area contributed by atoms with Crippen molar-refractivity contribution in [2.45, 2.75) is 64.5 Å². The fraction of sp³-hybridized carbons (Fsp3) is 0.609. The highest BCUT2D eigenvalue weighted by Gasteiger charge is 2.33. The summed E-state index contributed by atoms with van der Waals surface area (Å²) in [6, 6.07) is 5.17. The molecule has 7 heteroatoms. The van der Waals surface area contributed by atoms with Gasteiger partial charge in [-0.2, -0.15) is 0 Å². The number of benzene rings is 1. The van der Waals surface area contributed by atoms with Crippen LogP contribution in [0.5, 0.6) is 0 Å². The molecule has 0 unspecified atom stereocenters. The molecule has 0 spiro atoms. The molecule has 0 radical (unpaired) electrons. The molecule has 2 aliphatic rings. The monoisotopic (exact) mass is 417 g/mol. The molecule has 30 heavy (non-hydrogen) atoms. The van der Waals surface area contributed by atoms with Gasteiger partial charge in [0.15, 0.2) is 0 Å². The lowest BCUT2D eigenvalue weighted by molar-refractivity contribution is -0.138. The second kappa shape index (κ2) is 10.0. The number of nitrogens with one attached hydrogen (secondary N) is 2. The molecular weight excluding hydrogens is 385 g/mol. The zero-order valence-electron chi connectivity index (χ0n) is 17.8. The molecule has 164 valence electrons. The van der Waals surface area contributed by atoms with Crippen molar-refractivity contribution < 1.29 is 18.8 Å². The maximum Gasteiger partial charge on any atom is 0.251 e. The number of carbonyl (C=O) groups excluding carboxylic acids is 3. The van der Waals surface area contributed by atoms with Gasteiger partial charge in [0, 0.05) is 36.7 Å². The van der Waals surface area contributed by atoms with Crippen LogP contribution in [-0.2, 0) is 9.59 Å². The van der Waals surface area contributed by atoms with Gasteiger partial charge in [0.2, 0.25) is 11.8 Å². The molecule has 3 atom stereocenters. The summed E-state index contributed by atoms with van der Waals surface area (Å²) in [6.07, 6.45) is 5.18. The molecule has 0 aromatic heterocycles. The Hall–Kier alpha value is -2.44. The van der Waals surface area contributed by atoms with Crippen LogP contribution in [0.25, 0.3) is 0 Å². The first-order chi connectivity index (χ1) is 14.3. The van der Waals surface area contributed by atoms with Crippen LogP contribution in [0.2, 0.25) is 0 Å². The molecular formula is C23H32FN3O3. The Kier molecular flexibility index (Phi) is 7.45. The molecule has 1 aromatic rings. The van der Waals surface area contributed by atoms with Gasteiger partial charge < -0.3 is 15.5 Å². The number of nitrogens with zero attached hydrogens (tertiary/aromatic N) is 1. The Labute approximate surface area is 177 Å². The number of amides is 3. The van der Waals surface area contributed by atoms with Crippen LogP contribution in [0.4, 0.5) is 4.39 Å². The van der Waals surface area contributed by atoms with Gasteiger partial charge >= 0.3 is 0 Å². The Balaban J connectivity index is 1.59. The summed E-state index contributed by atoms with van der Waals surface area (Å²) in [5.41, 5.74) is 0.405. The van der Waals surface area contributed by atoms with Crippen LogP contribution in [0, 0.1) is 17.7 Å². The number of hydrogen-bond acceptors (Lipinski definition) is 3. The molecule has 0 bridgehead atoms. The smallest absolute Gasteiger partial charge is 0.251 e. The van der Waals surface area contributed by atoms with E-state index in [0.717, 1.165) is 38.5 Å². The summed E-state index contributed by atoms with van der Waals surface area (Å²) >= 11 is 0. The van der Waals surface area contributed by atoms with E-state index in [4.69, 9.17) is 0 Å². The lowest BCUT2D eigenvalue weighted by atomic mass is 9.88. The fourth-order valence-electron chi connectivity index (χ4n) is 4.39. The third-order valence-electron chi connectivity index (χ3n) is 6.11. The minimum Gasteiger partial charge on any atom is -0.351 e. The van der Waals surface area contributed by atoms with Gasteiger partial charge in [-0.25, -0.2) is 4.39 Å². The second-order valence-corrected chi connectivity index (χ2v) is 8.76. The summed E-state index contributed by atoms with van der Waals surface area (Å²) in [7, 11) is 0. The SMILES string of the molecule is CC(C)C(=O)N1CCC[C@H](C(=O)N[C@@H]2CCCC[C@H]2NC(=O)c2ccc(F)cc2)C1. The summed E-state index contributed by atoms with van der Waals surface area (Å²) in [5, 5.41) is 6.16. The van der Waals surface area contributed by atoms with Crippen molar-refractivity contribution in [1.29, 1.82) is 0 Å². The van der Waals surface area contributed by atoms with E-state index in [1.165, 1.54) is 24.3 Å². The Bertz CT molecular complexity index is 765. The van der Waals surface area contributed by atoms with E-state index in [-0.39, 0.29) is 47.5 Å². The molecule has 2 N–H and O–H groups in total. The number of halogens is 1. The first-order valence-electron chi connectivity index (χ1n) is 11.0. The predicted octanol–water partition coefficient (Wildman–Crippen LogP) is 2.88. The number of carbonyl (C=O) groups is 3. The summed E-state index contributed by atoms with van der Waals surface area (Å²) in [6.45, 7) is 4.92. The van der Waals surface area contributed by atoms with Crippen molar-refractivity contribution in [3.63, 3.8) is 0 Å². The van der Waals surface area contributed by atoms with Crippen LogP contribution >= 0.6 is 0 Å². The van der Waals surface area contributed by atoms with Crippen LogP contribution in [-0.4, -0.2) is 47.8 Å². The van der Waals surface area contributed by atoms with Crippen molar-refractivity contribution in [3.8, 4) is 0 Å². The Morgan fingerprint density at radius 1 is 0.967 bits per heavy atom. The molecule has 3 rings (SSSR count). The first kappa shape index (κ1) is 22.2. The van der Waals surface area contributed by atoms with Crippen molar-refractivity contribution >= 4 is 17.7 Å². The molecule has 1 saturated carbocycles. The molecule has 6 nitrogen and oxygen atoms in total. The van der Waals surface area contributed by atoms with Crippen molar-refractivity contribution in [1.82, 2.24) is 15.5 Å². The third kappa shape index (κ3) is 5.58. The van der Waals surface area contributed by atoms with Gasteiger partial charge in [0.05, 0.1) is 5.92 Å². The van der Waals surface area contributed by atoms with E-state index >= 15 is 0 Å². The molecule has 2 fully saturated rings. The lowest BCUT2D eigenvalue weighted by Gasteiger charge is -2.36. The van der Waals surface area contributed by atoms with E-state index in [1.807, 2.05) is 13.8 Å². The maximum atomic E-state index is 13.1. The van der Waals surface area contributed by atoms with Crippen molar-refractivity contribution in [3.05, 3.63) is 35.6 Å². The van der Waals surface area contributed by atoms with E-state index in [0.29, 0.717) is 18.7 Å². The summed E-state index contributed by atoms with van der Waals surface area (Å²) < 4.78 is 13.1. The number of piperidine rings is 1. The van der Waals surface area contributed by atoms with E-state index in [9.17, 15) is 18.8 Å². The van der Waals surface area contributed by atoms with E-state index in [1.54, 1.807) is 4.90 Å². The highest BCUT2D eigenvalue weighted by molar-refractivity contribution is 5.94. The maximum absolute atomic E-state index is 13.1. The van der Waals surface area contributed by atoms with Gasteiger partial charge in [-0.15, -0.1) is 0 Å². The standard InChI is InChI=1S/C23H32FN3O3/c1-15(2)23(30)27-13-5-6-17(14-27)22(29)26-20-8-4-3-7-19(20)25-21(28)16-9-11-18(24)12-10-16/h9-12,15,17,19-20H,3-8,13-14H2,1-2H3,(H,25,28)(H,26,29)/t17-,19+,20+/m0/s1. The molecule has 1 heterocycles. The average molecular weight is 418 g/mol. The van der Waals surface area contributed by atoms with Gasteiger partial charge in [-0.3, -0.25) is 14.4 Å². The molecule has 1 aliphatic carbocycles. The summed E-state index contributed by atoms with van der Waals surface area (Å²) in [4.78, 5) is 39.6. The molecule has 1 aromatic carbocycles. The predicted molar refractivity (Wildman–Crippen MR) is 112 cm³/mol. The highest BCUT2D eigenvalue weighted by atomic mass is 19.1. The normalized spacial score (nSPS) is 24.4. The number of likely N-dealkylation sites (tertiary alicyclic amines) is 1. The van der Waals surface area contributed by atoms with Crippen LogP contribution < -0.4 is 10.6 Å². The van der Waals surface area contributed by atoms with Crippen molar-refractivity contribution in [2.24, 2.45) is 11.8 Å².